The number of benzene rings is 1. The molecule has 3 heterocycles. The molecule has 1 N–H and O–H groups in total. The van der Waals surface area contributed by atoms with Crippen LogP contribution in [0.4, 0.5) is 8.78 Å². The molecular weight excluding hydrogens is 394 g/mol. The second kappa shape index (κ2) is 7.31. The van der Waals surface area contributed by atoms with Crippen molar-refractivity contribution in [1.82, 2.24) is 29.5 Å². The minimum Gasteiger partial charge on any atom is -0.459 e. The molecule has 0 amide bonds. The first-order valence-corrected chi connectivity index (χ1v) is 8.37. The molecule has 0 aliphatic carbocycles. The molecular formula is C17H11ClF2N6O2. The minimum absolute atomic E-state index is 0.121. The molecule has 4 aromatic rings. The van der Waals surface area contributed by atoms with Crippen molar-refractivity contribution in [2.75, 3.05) is 6.61 Å². The molecule has 142 valence electrons. The van der Waals surface area contributed by atoms with Crippen LogP contribution in [0.2, 0.25) is 5.02 Å². The number of hydrogen-bond acceptors (Lipinski definition) is 6. The molecule has 0 aliphatic heterocycles. The molecule has 0 saturated carbocycles. The van der Waals surface area contributed by atoms with Crippen LogP contribution in [0.5, 0.6) is 6.01 Å². The van der Waals surface area contributed by atoms with E-state index in [9.17, 15) is 13.6 Å². The Kier molecular flexibility index (Phi) is 4.70. The summed E-state index contributed by atoms with van der Waals surface area (Å²) in [4.78, 5) is 27.1. The third-order valence-electron chi connectivity index (χ3n) is 3.76. The highest BCUT2D eigenvalue weighted by molar-refractivity contribution is 6.30. The molecule has 0 bridgehead atoms. The minimum atomic E-state index is -2.71. The lowest BCUT2D eigenvalue weighted by Gasteiger charge is -2.05. The highest BCUT2D eigenvalue weighted by Crippen LogP contribution is 2.33. The van der Waals surface area contributed by atoms with Crippen molar-refractivity contribution in [3.05, 3.63) is 58.4 Å². The summed E-state index contributed by atoms with van der Waals surface area (Å²) < 4.78 is 30.8. The highest BCUT2D eigenvalue weighted by Gasteiger charge is 2.21. The number of ether oxygens (including phenoxy) is 1. The van der Waals surface area contributed by atoms with Crippen molar-refractivity contribution in [3.63, 3.8) is 0 Å². The third kappa shape index (κ3) is 3.41. The van der Waals surface area contributed by atoms with Gasteiger partial charge < -0.3 is 4.74 Å². The summed E-state index contributed by atoms with van der Waals surface area (Å²) in [6, 6.07) is 6.45. The molecule has 0 radical (unpaired) electrons. The molecule has 4 rings (SSSR count). The third-order valence-corrected chi connectivity index (χ3v) is 4.01. The average molecular weight is 405 g/mol. The Morgan fingerprint density at radius 2 is 2.00 bits per heavy atom. The number of nitrogens with zero attached hydrogens (tertiary/aromatic N) is 5. The fourth-order valence-corrected chi connectivity index (χ4v) is 2.74. The van der Waals surface area contributed by atoms with Gasteiger partial charge in [0.25, 0.3) is 12.4 Å². The van der Waals surface area contributed by atoms with Crippen LogP contribution < -0.4 is 10.4 Å². The van der Waals surface area contributed by atoms with E-state index in [1.54, 1.807) is 24.3 Å². The molecule has 0 fully saturated rings. The fourth-order valence-electron chi connectivity index (χ4n) is 2.62. The summed E-state index contributed by atoms with van der Waals surface area (Å²) in [6.07, 6.45) is 1.77. The smallest absolute Gasteiger partial charge is 0.352 e. The predicted octanol–water partition coefficient (Wildman–Crippen LogP) is 2.84. The Morgan fingerprint density at radius 1 is 1.21 bits per heavy atom. The number of fused-ring (bicyclic) bond motifs is 1. The van der Waals surface area contributed by atoms with Crippen LogP contribution in [0.25, 0.3) is 28.2 Å². The molecule has 3 aromatic heterocycles. The van der Waals surface area contributed by atoms with Crippen LogP contribution in [0.15, 0.2) is 47.7 Å². The van der Waals surface area contributed by atoms with E-state index < -0.39 is 18.7 Å². The van der Waals surface area contributed by atoms with E-state index in [4.69, 9.17) is 16.3 Å². The standard InChI is InChI=1S/C17H11ClF2N6O2/c18-10-3-1-9(2-4-10)13-14(11-7-21-5-6-22-11)25-26-15(13)23-16(24-17(26)27)28-8-12(19)20/h1-7,12H,8H2,(H,23,24,27). The van der Waals surface area contributed by atoms with Crippen molar-refractivity contribution in [2.24, 2.45) is 0 Å². The quantitative estimate of drug-likeness (QED) is 0.549. The van der Waals surface area contributed by atoms with E-state index in [0.717, 1.165) is 4.52 Å². The van der Waals surface area contributed by atoms with Gasteiger partial charge in [-0.1, -0.05) is 23.7 Å². The van der Waals surface area contributed by atoms with E-state index in [0.29, 0.717) is 27.5 Å². The molecule has 0 spiro atoms. The zero-order valence-corrected chi connectivity index (χ0v) is 14.8. The molecule has 8 nitrogen and oxygen atoms in total. The normalized spacial score (nSPS) is 11.3. The zero-order chi connectivity index (χ0) is 19.7. The first kappa shape index (κ1) is 18.0. The zero-order valence-electron chi connectivity index (χ0n) is 14.0. The van der Waals surface area contributed by atoms with Crippen LogP contribution in [-0.2, 0) is 0 Å². The first-order valence-electron chi connectivity index (χ1n) is 7.99. The number of hydrogen-bond donors (Lipinski definition) is 1. The van der Waals surface area contributed by atoms with E-state index in [-0.39, 0.29) is 11.7 Å². The number of alkyl halides is 2. The number of aromatic amines is 1. The second-order valence-corrected chi connectivity index (χ2v) is 6.04. The van der Waals surface area contributed by atoms with E-state index in [2.05, 4.69) is 25.0 Å². The fraction of sp³-hybridized carbons (Fsp3) is 0.118. The van der Waals surface area contributed by atoms with Crippen molar-refractivity contribution >= 4 is 17.2 Å². The maximum atomic E-state index is 12.5. The maximum absolute atomic E-state index is 12.5. The lowest BCUT2D eigenvalue weighted by molar-refractivity contribution is 0.0768. The van der Waals surface area contributed by atoms with Crippen molar-refractivity contribution < 1.29 is 13.5 Å². The van der Waals surface area contributed by atoms with Gasteiger partial charge in [-0.2, -0.15) is 14.6 Å². The molecule has 28 heavy (non-hydrogen) atoms. The second-order valence-electron chi connectivity index (χ2n) is 5.61. The summed E-state index contributed by atoms with van der Waals surface area (Å²) >= 11 is 5.96. The molecule has 0 aliphatic rings. The highest BCUT2D eigenvalue weighted by atomic mass is 35.5. The average Bonchev–Trinajstić information content (AvgIpc) is 3.08. The molecule has 1 aromatic carbocycles. The molecule has 11 heteroatoms. The monoisotopic (exact) mass is 404 g/mol. The Balaban J connectivity index is 1.98. The molecule has 0 atom stereocenters. The number of H-pyrrole nitrogens is 1. The Hall–Kier alpha value is -3.40. The van der Waals surface area contributed by atoms with E-state index in [1.807, 2.05) is 0 Å². The number of aromatic nitrogens is 6. The van der Waals surface area contributed by atoms with Crippen molar-refractivity contribution in [2.45, 2.75) is 6.43 Å². The van der Waals surface area contributed by atoms with Gasteiger partial charge in [-0.15, -0.1) is 0 Å². The van der Waals surface area contributed by atoms with Gasteiger partial charge in [-0.3, -0.25) is 15.0 Å². The Morgan fingerprint density at radius 3 is 2.68 bits per heavy atom. The van der Waals surface area contributed by atoms with Crippen LogP contribution in [-0.4, -0.2) is 42.6 Å². The summed E-state index contributed by atoms with van der Waals surface area (Å²) in [7, 11) is 0. The van der Waals surface area contributed by atoms with Crippen molar-refractivity contribution in [1.29, 1.82) is 0 Å². The summed E-state index contributed by atoms with van der Waals surface area (Å²) in [5, 5.41) is 4.81. The number of nitrogens with one attached hydrogen (secondary N) is 1. The van der Waals surface area contributed by atoms with Gasteiger partial charge in [0.05, 0.1) is 11.8 Å². The topological polar surface area (TPSA) is 98.1 Å². The molecule has 0 saturated heterocycles. The van der Waals surface area contributed by atoms with Crippen LogP contribution >= 0.6 is 11.6 Å². The lowest BCUT2D eigenvalue weighted by atomic mass is 10.0. The van der Waals surface area contributed by atoms with Gasteiger partial charge in [0, 0.05) is 17.4 Å². The van der Waals surface area contributed by atoms with E-state index in [1.165, 1.54) is 18.6 Å². The van der Waals surface area contributed by atoms with Crippen LogP contribution in [0, 0.1) is 0 Å². The summed E-state index contributed by atoms with van der Waals surface area (Å²) in [6.45, 7) is -0.902. The summed E-state index contributed by atoms with van der Waals surface area (Å²) in [5.41, 5.74) is 1.30. The Labute approximate surface area is 160 Å². The SMILES string of the molecule is O=c1[nH]c(OCC(F)F)nc2c(-c3ccc(Cl)cc3)c(-c3cnccn3)nn12. The summed E-state index contributed by atoms with van der Waals surface area (Å²) in [5.74, 6) is 0. The first-order chi connectivity index (χ1) is 13.5. The largest absolute Gasteiger partial charge is 0.459 e. The van der Waals surface area contributed by atoms with Crippen LogP contribution in [0.3, 0.4) is 0 Å². The lowest BCUT2D eigenvalue weighted by Crippen LogP contribution is -2.21. The van der Waals surface area contributed by atoms with Gasteiger partial charge in [0.15, 0.2) is 12.3 Å². The van der Waals surface area contributed by atoms with E-state index >= 15 is 0 Å². The van der Waals surface area contributed by atoms with Gasteiger partial charge >= 0.3 is 5.69 Å². The van der Waals surface area contributed by atoms with Gasteiger partial charge in [-0.25, -0.2) is 13.6 Å². The van der Waals surface area contributed by atoms with Crippen molar-refractivity contribution in [3.8, 4) is 28.5 Å². The number of halogens is 3. The Bertz CT molecular complexity index is 1180. The van der Waals surface area contributed by atoms with Gasteiger partial charge in [-0.05, 0) is 17.7 Å². The van der Waals surface area contributed by atoms with Gasteiger partial charge in [0.1, 0.15) is 11.4 Å². The number of rotatable bonds is 5. The maximum Gasteiger partial charge on any atom is 0.352 e. The van der Waals surface area contributed by atoms with Crippen LogP contribution in [0.1, 0.15) is 0 Å². The molecule has 0 unspecified atom stereocenters. The predicted molar refractivity (Wildman–Crippen MR) is 96.6 cm³/mol. The van der Waals surface area contributed by atoms with Gasteiger partial charge in [0.2, 0.25) is 0 Å².